The molecule has 1 aliphatic heterocycles. The molecule has 0 radical (unpaired) electrons. The molecule has 0 saturated carbocycles. The fourth-order valence-corrected chi connectivity index (χ4v) is 2.41. The molecule has 2 rings (SSSR count). The van der Waals surface area contributed by atoms with Crippen LogP contribution in [0.25, 0.3) is 0 Å². The molecular weight excluding hydrogens is 270 g/mol. The average Bonchev–Trinajstić information content (AvgIpc) is 2.97. The summed E-state index contributed by atoms with van der Waals surface area (Å²) in [4.78, 5) is 16.0. The largest absolute Gasteiger partial charge is 0.444 e. The minimum absolute atomic E-state index is 0.148. The van der Waals surface area contributed by atoms with E-state index in [1.54, 1.807) is 12.5 Å². The lowest BCUT2D eigenvalue weighted by molar-refractivity contribution is 0.0506. The van der Waals surface area contributed by atoms with Gasteiger partial charge in [0.15, 0.2) is 0 Å². The molecule has 6 heteroatoms. The van der Waals surface area contributed by atoms with Crippen molar-refractivity contribution in [2.24, 2.45) is 5.92 Å². The molecule has 6 nitrogen and oxygen atoms in total. The standard InChI is InChI=1S/C15H25N3O3/c1-11(17-14(19)21-15(2,3)4)13-7-16-10-18(13)8-12-5-6-20-9-12/h7,10-12H,5-6,8-9H2,1-4H3,(H,17,19). The van der Waals surface area contributed by atoms with Gasteiger partial charge in [-0.15, -0.1) is 0 Å². The highest BCUT2D eigenvalue weighted by molar-refractivity contribution is 5.68. The molecule has 1 aliphatic rings. The van der Waals surface area contributed by atoms with Gasteiger partial charge in [-0.05, 0) is 34.1 Å². The van der Waals surface area contributed by atoms with Crippen molar-refractivity contribution in [3.63, 3.8) is 0 Å². The lowest BCUT2D eigenvalue weighted by atomic mass is 10.1. The van der Waals surface area contributed by atoms with E-state index >= 15 is 0 Å². The van der Waals surface area contributed by atoms with E-state index in [0.717, 1.165) is 31.9 Å². The molecule has 1 N–H and O–H groups in total. The van der Waals surface area contributed by atoms with Gasteiger partial charge in [-0.25, -0.2) is 9.78 Å². The van der Waals surface area contributed by atoms with Gasteiger partial charge in [0, 0.05) is 19.1 Å². The molecule has 0 bridgehead atoms. The van der Waals surface area contributed by atoms with E-state index in [9.17, 15) is 4.79 Å². The van der Waals surface area contributed by atoms with Crippen LogP contribution in [-0.4, -0.2) is 34.5 Å². The molecule has 1 saturated heterocycles. The summed E-state index contributed by atoms with van der Waals surface area (Å²) in [5.74, 6) is 0.520. The van der Waals surface area contributed by atoms with Crippen LogP contribution in [0.15, 0.2) is 12.5 Å². The number of imidazole rings is 1. The van der Waals surface area contributed by atoms with Gasteiger partial charge >= 0.3 is 6.09 Å². The second kappa shape index (κ2) is 6.47. The van der Waals surface area contributed by atoms with E-state index in [-0.39, 0.29) is 6.04 Å². The first kappa shape index (κ1) is 15.8. The Morgan fingerprint density at radius 2 is 2.38 bits per heavy atom. The van der Waals surface area contributed by atoms with Gasteiger partial charge in [-0.2, -0.15) is 0 Å². The van der Waals surface area contributed by atoms with Gasteiger partial charge in [0.1, 0.15) is 5.60 Å². The number of hydrogen-bond donors (Lipinski definition) is 1. The van der Waals surface area contributed by atoms with Crippen molar-refractivity contribution in [3.8, 4) is 0 Å². The van der Waals surface area contributed by atoms with Crippen LogP contribution < -0.4 is 5.32 Å². The second-order valence-electron chi connectivity index (χ2n) is 6.57. The number of nitrogens with one attached hydrogen (secondary N) is 1. The summed E-state index contributed by atoms with van der Waals surface area (Å²) in [6, 6.07) is -0.148. The Kier molecular flexibility index (Phi) is 4.88. The molecule has 2 heterocycles. The molecule has 21 heavy (non-hydrogen) atoms. The molecule has 0 spiro atoms. The minimum atomic E-state index is -0.495. The Labute approximate surface area is 125 Å². The van der Waals surface area contributed by atoms with Crippen LogP contribution in [-0.2, 0) is 16.0 Å². The molecular formula is C15H25N3O3. The van der Waals surface area contributed by atoms with E-state index in [0.29, 0.717) is 5.92 Å². The van der Waals surface area contributed by atoms with E-state index in [2.05, 4.69) is 14.9 Å². The Balaban J connectivity index is 1.94. The van der Waals surface area contributed by atoms with Crippen molar-refractivity contribution in [2.45, 2.75) is 52.3 Å². The predicted octanol–water partition coefficient (Wildman–Crippen LogP) is 2.51. The Morgan fingerprint density at radius 1 is 1.62 bits per heavy atom. The number of carbonyl (C=O) groups is 1. The number of carbonyl (C=O) groups excluding carboxylic acids is 1. The minimum Gasteiger partial charge on any atom is -0.444 e. The van der Waals surface area contributed by atoms with Crippen molar-refractivity contribution in [2.75, 3.05) is 13.2 Å². The van der Waals surface area contributed by atoms with Crippen LogP contribution in [0.2, 0.25) is 0 Å². The maximum absolute atomic E-state index is 11.8. The maximum atomic E-state index is 11.8. The van der Waals surface area contributed by atoms with Crippen LogP contribution in [0.1, 0.15) is 45.9 Å². The van der Waals surface area contributed by atoms with E-state index < -0.39 is 11.7 Å². The van der Waals surface area contributed by atoms with Gasteiger partial charge in [0.2, 0.25) is 0 Å². The summed E-state index contributed by atoms with van der Waals surface area (Å²) in [6.45, 7) is 9.98. The molecule has 0 aromatic carbocycles. The van der Waals surface area contributed by atoms with Crippen LogP contribution >= 0.6 is 0 Å². The number of rotatable bonds is 4. The van der Waals surface area contributed by atoms with Gasteiger partial charge in [0.05, 0.1) is 30.9 Å². The first-order valence-corrected chi connectivity index (χ1v) is 7.42. The van der Waals surface area contributed by atoms with Crippen molar-refractivity contribution < 1.29 is 14.3 Å². The number of aromatic nitrogens is 2. The second-order valence-corrected chi connectivity index (χ2v) is 6.57. The number of alkyl carbamates (subject to hydrolysis) is 1. The van der Waals surface area contributed by atoms with Crippen molar-refractivity contribution >= 4 is 6.09 Å². The topological polar surface area (TPSA) is 65.4 Å². The van der Waals surface area contributed by atoms with E-state index in [1.807, 2.05) is 27.7 Å². The predicted molar refractivity (Wildman–Crippen MR) is 78.9 cm³/mol. The summed E-state index contributed by atoms with van der Waals surface area (Å²) < 4.78 is 12.8. The molecule has 2 unspecified atom stereocenters. The number of amides is 1. The van der Waals surface area contributed by atoms with Gasteiger partial charge < -0.3 is 19.4 Å². The van der Waals surface area contributed by atoms with Crippen molar-refractivity contribution in [3.05, 3.63) is 18.2 Å². The fraction of sp³-hybridized carbons (Fsp3) is 0.733. The van der Waals surface area contributed by atoms with Crippen LogP contribution in [0.5, 0.6) is 0 Å². The van der Waals surface area contributed by atoms with Crippen molar-refractivity contribution in [1.29, 1.82) is 0 Å². The summed E-state index contributed by atoms with van der Waals surface area (Å²) in [5, 5.41) is 2.85. The van der Waals surface area contributed by atoms with Crippen LogP contribution in [0.3, 0.4) is 0 Å². The van der Waals surface area contributed by atoms with Crippen LogP contribution in [0.4, 0.5) is 4.79 Å². The zero-order chi connectivity index (χ0) is 15.5. The first-order chi connectivity index (χ1) is 9.85. The zero-order valence-corrected chi connectivity index (χ0v) is 13.3. The van der Waals surface area contributed by atoms with Gasteiger partial charge in [-0.1, -0.05) is 0 Å². The maximum Gasteiger partial charge on any atom is 0.408 e. The van der Waals surface area contributed by atoms with Gasteiger partial charge in [0.25, 0.3) is 0 Å². The number of ether oxygens (including phenoxy) is 2. The Bertz CT molecular complexity index is 473. The van der Waals surface area contributed by atoms with Gasteiger partial charge in [-0.3, -0.25) is 0 Å². The smallest absolute Gasteiger partial charge is 0.408 e. The summed E-state index contributed by atoms with van der Waals surface area (Å²) in [5.41, 5.74) is 0.485. The monoisotopic (exact) mass is 295 g/mol. The highest BCUT2D eigenvalue weighted by atomic mass is 16.6. The lowest BCUT2D eigenvalue weighted by Gasteiger charge is -2.22. The quantitative estimate of drug-likeness (QED) is 0.927. The molecule has 1 aromatic heterocycles. The first-order valence-electron chi connectivity index (χ1n) is 7.42. The Hall–Kier alpha value is -1.56. The SMILES string of the molecule is CC(NC(=O)OC(C)(C)C)c1cncn1CC1CCOC1. The van der Waals surface area contributed by atoms with E-state index in [4.69, 9.17) is 9.47 Å². The number of hydrogen-bond acceptors (Lipinski definition) is 4. The molecule has 1 fully saturated rings. The summed E-state index contributed by atoms with van der Waals surface area (Å²) in [7, 11) is 0. The normalized spacial score (nSPS) is 20.3. The van der Waals surface area contributed by atoms with Crippen LogP contribution in [0, 0.1) is 5.92 Å². The third-order valence-electron chi connectivity index (χ3n) is 3.40. The average molecular weight is 295 g/mol. The summed E-state index contributed by atoms with van der Waals surface area (Å²) in [6.07, 6.45) is 4.26. The molecule has 1 amide bonds. The molecule has 0 aliphatic carbocycles. The molecule has 1 aromatic rings. The third-order valence-corrected chi connectivity index (χ3v) is 3.40. The zero-order valence-electron chi connectivity index (χ0n) is 13.3. The molecule has 2 atom stereocenters. The molecule has 118 valence electrons. The highest BCUT2D eigenvalue weighted by Crippen LogP contribution is 2.19. The number of nitrogens with zero attached hydrogens (tertiary/aromatic N) is 2. The lowest BCUT2D eigenvalue weighted by Crippen LogP contribution is -2.34. The highest BCUT2D eigenvalue weighted by Gasteiger charge is 2.22. The van der Waals surface area contributed by atoms with E-state index in [1.165, 1.54) is 0 Å². The van der Waals surface area contributed by atoms with Crippen molar-refractivity contribution in [1.82, 2.24) is 14.9 Å². The third kappa shape index (κ3) is 4.74. The Morgan fingerprint density at radius 3 is 3.00 bits per heavy atom. The fourth-order valence-electron chi connectivity index (χ4n) is 2.41. The summed E-state index contributed by atoms with van der Waals surface area (Å²) >= 11 is 0.